The van der Waals surface area contributed by atoms with Crippen LogP contribution in [0.3, 0.4) is 0 Å². The van der Waals surface area contributed by atoms with E-state index in [-0.39, 0.29) is 6.10 Å². The molecule has 0 saturated carbocycles. The van der Waals surface area contributed by atoms with Gasteiger partial charge in [0.2, 0.25) is 0 Å². The summed E-state index contributed by atoms with van der Waals surface area (Å²) < 4.78 is 10.9. The Morgan fingerprint density at radius 3 is 2.78 bits per heavy atom. The summed E-state index contributed by atoms with van der Waals surface area (Å²) in [5.41, 5.74) is 7.36. The van der Waals surface area contributed by atoms with Crippen LogP contribution in [0.15, 0.2) is 39.0 Å². The van der Waals surface area contributed by atoms with E-state index in [4.69, 9.17) is 14.9 Å². The van der Waals surface area contributed by atoms with Crippen molar-refractivity contribution in [2.24, 2.45) is 0 Å². The van der Waals surface area contributed by atoms with E-state index in [2.05, 4.69) is 4.98 Å². The lowest BCUT2D eigenvalue weighted by Gasteiger charge is -2.12. The Morgan fingerprint density at radius 1 is 1.39 bits per heavy atom. The standard InChI is InChI=1S/C13H16N2O2S/c1-8(2)17-12-6-10(4-5-11(12)14)18-13-15-9(3)7-16-13/h4-8H,14H2,1-3H3. The van der Waals surface area contributed by atoms with Crippen molar-refractivity contribution in [3.05, 3.63) is 30.2 Å². The molecule has 0 fully saturated rings. The van der Waals surface area contributed by atoms with Crippen molar-refractivity contribution in [3.8, 4) is 5.75 Å². The first-order chi connectivity index (χ1) is 8.54. The normalized spacial score (nSPS) is 10.9. The van der Waals surface area contributed by atoms with Gasteiger partial charge in [0.25, 0.3) is 5.22 Å². The van der Waals surface area contributed by atoms with E-state index in [0.29, 0.717) is 16.7 Å². The number of benzene rings is 1. The smallest absolute Gasteiger partial charge is 0.260 e. The van der Waals surface area contributed by atoms with Crippen molar-refractivity contribution < 1.29 is 9.15 Å². The van der Waals surface area contributed by atoms with E-state index >= 15 is 0 Å². The lowest BCUT2D eigenvalue weighted by atomic mass is 10.3. The van der Waals surface area contributed by atoms with Crippen molar-refractivity contribution in [3.63, 3.8) is 0 Å². The molecule has 18 heavy (non-hydrogen) atoms. The van der Waals surface area contributed by atoms with Gasteiger partial charge in [0.1, 0.15) is 12.0 Å². The number of nitrogens with zero attached hydrogens (tertiary/aromatic N) is 1. The predicted molar refractivity (Wildman–Crippen MR) is 72.0 cm³/mol. The second kappa shape index (κ2) is 5.35. The molecule has 1 aromatic carbocycles. The molecule has 1 heterocycles. The van der Waals surface area contributed by atoms with Gasteiger partial charge in [-0.1, -0.05) is 0 Å². The Morgan fingerprint density at radius 2 is 2.17 bits per heavy atom. The van der Waals surface area contributed by atoms with E-state index in [1.165, 1.54) is 11.8 Å². The van der Waals surface area contributed by atoms with Crippen molar-refractivity contribution in [1.29, 1.82) is 0 Å². The highest BCUT2D eigenvalue weighted by molar-refractivity contribution is 7.99. The van der Waals surface area contributed by atoms with Gasteiger partial charge in [-0.2, -0.15) is 0 Å². The van der Waals surface area contributed by atoms with Crippen LogP contribution in [-0.2, 0) is 0 Å². The molecule has 0 bridgehead atoms. The number of hydrogen-bond donors (Lipinski definition) is 1. The van der Waals surface area contributed by atoms with Crippen LogP contribution in [0.2, 0.25) is 0 Å². The fraction of sp³-hybridized carbons (Fsp3) is 0.308. The third-order valence-electron chi connectivity index (χ3n) is 2.15. The molecule has 0 unspecified atom stereocenters. The zero-order valence-electron chi connectivity index (χ0n) is 10.6. The lowest BCUT2D eigenvalue weighted by Crippen LogP contribution is -2.07. The van der Waals surface area contributed by atoms with Gasteiger partial charge in [-0.15, -0.1) is 0 Å². The van der Waals surface area contributed by atoms with Crippen LogP contribution < -0.4 is 10.5 Å². The SMILES string of the molecule is Cc1coc(Sc2ccc(N)c(OC(C)C)c2)n1. The zero-order valence-corrected chi connectivity index (χ0v) is 11.5. The number of hydrogen-bond acceptors (Lipinski definition) is 5. The molecule has 1 aromatic heterocycles. The van der Waals surface area contributed by atoms with Crippen molar-refractivity contribution >= 4 is 17.4 Å². The highest BCUT2D eigenvalue weighted by Gasteiger charge is 2.08. The zero-order chi connectivity index (χ0) is 13.1. The molecular weight excluding hydrogens is 248 g/mol. The largest absolute Gasteiger partial charge is 0.489 e. The van der Waals surface area contributed by atoms with E-state index in [1.807, 2.05) is 39.0 Å². The molecule has 2 N–H and O–H groups in total. The molecule has 0 aliphatic carbocycles. The summed E-state index contributed by atoms with van der Waals surface area (Å²) in [5.74, 6) is 0.693. The minimum atomic E-state index is 0.0940. The minimum Gasteiger partial charge on any atom is -0.489 e. The molecule has 5 heteroatoms. The van der Waals surface area contributed by atoms with Crippen molar-refractivity contribution in [2.45, 2.75) is 37.0 Å². The average Bonchev–Trinajstić information content (AvgIpc) is 2.68. The number of nitrogen functional groups attached to an aromatic ring is 1. The Labute approximate surface area is 111 Å². The predicted octanol–water partition coefficient (Wildman–Crippen LogP) is 3.50. The summed E-state index contributed by atoms with van der Waals surface area (Å²) in [6.45, 7) is 5.83. The quantitative estimate of drug-likeness (QED) is 0.856. The maximum Gasteiger partial charge on any atom is 0.260 e. The van der Waals surface area contributed by atoms with Crippen LogP contribution >= 0.6 is 11.8 Å². The molecule has 0 spiro atoms. The van der Waals surface area contributed by atoms with Crippen LogP contribution in [0.1, 0.15) is 19.5 Å². The number of anilines is 1. The summed E-state index contributed by atoms with van der Waals surface area (Å²) in [6, 6.07) is 5.65. The van der Waals surface area contributed by atoms with Crippen LogP contribution in [0, 0.1) is 6.92 Å². The van der Waals surface area contributed by atoms with E-state index in [0.717, 1.165) is 10.6 Å². The van der Waals surface area contributed by atoms with Gasteiger partial charge in [-0.25, -0.2) is 4.98 Å². The lowest BCUT2D eigenvalue weighted by molar-refractivity contribution is 0.243. The fourth-order valence-corrected chi connectivity index (χ4v) is 2.20. The van der Waals surface area contributed by atoms with Crippen molar-refractivity contribution in [2.75, 3.05) is 5.73 Å². The molecule has 0 atom stereocenters. The van der Waals surface area contributed by atoms with Gasteiger partial charge in [0.15, 0.2) is 0 Å². The van der Waals surface area contributed by atoms with E-state index < -0.39 is 0 Å². The van der Waals surface area contributed by atoms with Crippen LogP contribution in [0.4, 0.5) is 5.69 Å². The topological polar surface area (TPSA) is 61.3 Å². The Hall–Kier alpha value is -1.62. The maximum absolute atomic E-state index is 5.86. The molecule has 2 rings (SSSR count). The number of ether oxygens (including phenoxy) is 1. The highest BCUT2D eigenvalue weighted by Crippen LogP contribution is 2.32. The fourth-order valence-electron chi connectivity index (χ4n) is 1.41. The Kier molecular flexibility index (Phi) is 3.81. The van der Waals surface area contributed by atoms with Gasteiger partial charge < -0.3 is 14.9 Å². The van der Waals surface area contributed by atoms with Crippen LogP contribution in [-0.4, -0.2) is 11.1 Å². The molecule has 0 amide bonds. The first-order valence-electron chi connectivity index (χ1n) is 5.71. The second-order valence-corrected chi connectivity index (χ2v) is 5.25. The highest BCUT2D eigenvalue weighted by atomic mass is 32.2. The second-order valence-electron chi connectivity index (χ2n) is 4.22. The van der Waals surface area contributed by atoms with Gasteiger partial charge in [0.05, 0.1) is 17.5 Å². The minimum absolute atomic E-state index is 0.0940. The molecule has 2 aromatic rings. The summed E-state index contributed by atoms with van der Waals surface area (Å²) >= 11 is 1.45. The maximum atomic E-state index is 5.86. The van der Waals surface area contributed by atoms with Crippen LogP contribution in [0.5, 0.6) is 5.75 Å². The van der Waals surface area contributed by atoms with Crippen molar-refractivity contribution in [1.82, 2.24) is 4.98 Å². The first-order valence-corrected chi connectivity index (χ1v) is 6.52. The first kappa shape index (κ1) is 12.8. The van der Waals surface area contributed by atoms with Gasteiger partial charge in [0, 0.05) is 4.90 Å². The summed E-state index contributed by atoms with van der Waals surface area (Å²) in [7, 11) is 0. The van der Waals surface area contributed by atoms with E-state index in [1.54, 1.807) is 6.26 Å². The third-order valence-corrected chi connectivity index (χ3v) is 3.00. The van der Waals surface area contributed by atoms with E-state index in [9.17, 15) is 0 Å². The molecule has 96 valence electrons. The summed E-state index contributed by atoms with van der Waals surface area (Å²) in [5, 5.41) is 0.618. The molecule has 0 aliphatic rings. The molecule has 0 radical (unpaired) electrons. The number of rotatable bonds is 4. The number of oxazole rings is 1. The number of nitrogens with two attached hydrogens (primary N) is 1. The average molecular weight is 264 g/mol. The summed E-state index contributed by atoms with van der Waals surface area (Å²) in [4.78, 5) is 5.23. The van der Waals surface area contributed by atoms with Gasteiger partial charge in [-0.05, 0) is 50.7 Å². The molecule has 0 saturated heterocycles. The monoisotopic (exact) mass is 264 g/mol. The summed E-state index contributed by atoms with van der Waals surface area (Å²) in [6.07, 6.45) is 1.72. The van der Waals surface area contributed by atoms with Gasteiger partial charge >= 0.3 is 0 Å². The number of aromatic nitrogens is 1. The Bertz CT molecular complexity index is 538. The Balaban J connectivity index is 2.18. The van der Waals surface area contributed by atoms with Crippen LogP contribution in [0.25, 0.3) is 0 Å². The van der Waals surface area contributed by atoms with Gasteiger partial charge in [-0.3, -0.25) is 0 Å². The number of aryl methyl sites for hydroxylation is 1. The molecular formula is C13H16N2O2S. The molecule has 4 nitrogen and oxygen atoms in total. The third kappa shape index (κ3) is 3.20. The molecule has 0 aliphatic heterocycles.